The van der Waals surface area contributed by atoms with Crippen molar-refractivity contribution in [1.82, 2.24) is 4.98 Å². The van der Waals surface area contributed by atoms with Crippen LogP contribution in [0.5, 0.6) is 0 Å². The summed E-state index contributed by atoms with van der Waals surface area (Å²) < 4.78 is 13.1. The van der Waals surface area contributed by atoms with Gasteiger partial charge >= 0.3 is 0 Å². The highest BCUT2D eigenvalue weighted by molar-refractivity contribution is 5.85. The van der Waals surface area contributed by atoms with E-state index in [2.05, 4.69) is 10.3 Å². The van der Waals surface area contributed by atoms with Gasteiger partial charge in [0.25, 0.3) is 0 Å². The summed E-state index contributed by atoms with van der Waals surface area (Å²) in [6.45, 7) is 2.04. The molecule has 4 heteroatoms. The zero-order chi connectivity index (χ0) is 13.2. The molecule has 1 heterocycles. The molecular weight excluding hydrogens is 275 g/mol. The second-order valence-corrected chi connectivity index (χ2v) is 4.48. The largest absolute Gasteiger partial charge is 0.340 e. The molecule has 102 valence electrons. The van der Waals surface area contributed by atoms with Crippen LogP contribution in [0.3, 0.4) is 0 Å². The van der Waals surface area contributed by atoms with Crippen molar-refractivity contribution in [1.29, 1.82) is 0 Å². The van der Waals surface area contributed by atoms with Gasteiger partial charge < -0.3 is 5.32 Å². The number of aryl methyl sites for hydroxylation is 1. The number of hydrogen-bond donors (Lipinski definition) is 1. The fraction of sp³-hybridized carbons (Fsp3) is 0.0625. The third-order valence-corrected chi connectivity index (χ3v) is 3.02. The zero-order valence-electron chi connectivity index (χ0n) is 10.9. The smallest absolute Gasteiger partial charge is 0.131 e. The van der Waals surface area contributed by atoms with Crippen LogP contribution in [-0.4, -0.2) is 4.98 Å². The lowest BCUT2D eigenvalue weighted by Crippen LogP contribution is -1.95. The summed E-state index contributed by atoms with van der Waals surface area (Å²) >= 11 is 0. The Hall–Kier alpha value is -2.13. The molecule has 0 aliphatic rings. The first-order valence-corrected chi connectivity index (χ1v) is 6.11. The number of benzene rings is 2. The summed E-state index contributed by atoms with van der Waals surface area (Å²) in [5.74, 6) is 0.462. The predicted molar refractivity (Wildman–Crippen MR) is 83.4 cm³/mol. The molecule has 20 heavy (non-hydrogen) atoms. The van der Waals surface area contributed by atoms with Crippen molar-refractivity contribution in [2.24, 2.45) is 0 Å². The first kappa shape index (κ1) is 14.3. The second-order valence-electron chi connectivity index (χ2n) is 4.48. The molecule has 0 fully saturated rings. The Morgan fingerprint density at radius 2 is 1.80 bits per heavy atom. The molecule has 2 nitrogen and oxygen atoms in total. The van der Waals surface area contributed by atoms with Gasteiger partial charge in [0.15, 0.2) is 0 Å². The third-order valence-electron chi connectivity index (χ3n) is 3.02. The summed E-state index contributed by atoms with van der Waals surface area (Å²) in [4.78, 5) is 4.53. The minimum atomic E-state index is -0.262. The van der Waals surface area contributed by atoms with Gasteiger partial charge in [0.2, 0.25) is 0 Å². The van der Waals surface area contributed by atoms with E-state index in [4.69, 9.17) is 0 Å². The van der Waals surface area contributed by atoms with Crippen molar-refractivity contribution in [3.63, 3.8) is 0 Å². The van der Waals surface area contributed by atoms with Gasteiger partial charge in [0, 0.05) is 11.1 Å². The van der Waals surface area contributed by atoms with E-state index >= 15 is 0 Å². The van der Waals surface area contributed by atoms with Gasteiger partial charge in [-0.3, -0.25) is 0 Å². The van der Waals surface area contributed by atoms with Crippen LogP contribution in [0.2, 0.25) is 0 Å². The Kier molecular flexibility index (Phi) is 4.20. The van der Waals surface area contributed by atoms with Crippen LogP contribution in [0.25, 0.3) is 10.9 Å². The molecule has 0 radical (unpaired) electrons. The molecule has 1 aromatic heterocycles. The van der Waals surface area contributed by atoms with Crippen molar-refractivity contribution in [2.75, 3.05) is 5.32 Å². The summed E-state index contributed by atoms with van der Waals surface area (Å²) in [6, 6.07) is 16.3. The van der Waals surface area contributed by atoms with Crippen LogP contribution in [0, 0.1) is 12.7 Å². The van der Waals surface area contributed by atoms with Crippen molar-refractivity contribution in [3.8, 4) is 0 Å². The van der Waals surface area contributed by atoms with Crippen molar-refractivity contribution in [3.05, 3.63) is 66.0 Å². The lowest BCUT2D eigenvalue weighted by Gasteiger charge is -2.09. The van der Waals surface area contributed by atoms with Crippen LogP contribution >= 0.6 is 12.4 Å². The average molecular weight is 289 g/mol. The molecule has 0 amide bonds. The van der Waals surface area contributed by atoms with Gasteiger partial charge in [0.05, 0.1) is 5.52 Å². The summed E-state index contributed by atoms with van der Waals surface area (Å²) in [5.41, 5.74) is 2.77. The molecule has 0 unspecified atom stereocenters. The molecule has 1 N–H and O–H groups in total. The predicted octanol–water partition coefficient (Wildman–Crippen LogP) is 4.85. The minimum absolute atomic E-state index is 0. The topological polar surface area (TPSA) is 24.9 Å². The molecule has 3 rings (SSSR count). The van der Waals surface area contributed by atoms with Gasteiger partial charge in [-0.1, -0.05) is 24.3 Å². The van der Waals surface area contributed by atoms with Crippen LogP contribution in [-0.2, 0) is 0 Å². The Bertz CT molecular complexity index is 743. The van der Waals surface area contributed by atoms with Gasteiger partial charge in [-0.15, -0.1) is 12.4 Å². The maximum Gasteiger partial charge on any atom is 0.131 e. The number of halogens is 2. The number of fused-ring (bicyclic) bond motifs is 1. The lowest BCUT2D eigenvalue weighted by molar-refractivity contribution is 0.628. The molecule has 0 atom stereocenters. The van der Waals surface area contributed by atoms with Crippen LogP contribution in [0.1, 0.15) is 5.56 Å². The van der Waals surface area contributed by atoms with Crippen molar-refractivity contribution in [2.45, 2.75) is 6.92 Å². The van der Waals surface area contributed by atoms with Gasteiger partial charge in [0.1, 0.15) is 11.6 Å². The number of anilines is 2. The molecule has 0 aliphatic heterocycles. The first-order valence-electron chi connectivity index (χ1n) is 6.11. The second kappa shape index (κ2) is 5.88. The summed E-state index contributed by atoms with van der Waals surface area (Å²) in [7, 11) is 0. The molecule has 0 saturated carbocycles. The maximum absolute atomic E-state index is 13.1. The lowest BCUT2D eigenvalue weighted by atomic mass is 10.1. The quantitative estimate of drug-likeness (QED) is 0.729. The van der Waals surface area contributed by atoms with Crippen LogP contribution in [0.15, 0.2) is 54.6 Å². The van der Waals surface area contributed by atoms with E-state index in [9.17, 15) is 4.39 Å². The van der Waals surface area contributed by atoms with E-state index in [0.29, 0.717) is 5.69 Å². The Morgan fingerprint density at radius 3 is 2.60 bits per heavy atom. The Balaban J connectivity index is 0.00000147. The Morgan fingerprint density at radius 1 is 1.00 bits per heavy atom. The normalized spacial score (nSPS) is 10.1. The highest BCUT2D eigenvalue weighted by Crippen LogP contribution is 2.22. The van der Waals surface area contributed by atoms with E-state index < -0.39 is 0 Å². The van der Waals surface area contributed by atoms with Crippen molar-refractivity contribution < 1.29 is 4.39 Å². The number of nitrogens with one attached hydrogen (secondary N) is 1. The van der Waals surface area contributed by atoms with Crippen LogP contribution < -0.4 is 5.32 Å². The third kappa shape index (κ3) is 2.89. The zero-order valence-corrected chi connectivity index (χ0v) is 11.7. The molecule has 3 aromatic rings. The molecule has 0 aliphatic carbocycles. The molecule has 0 saturated heterocycles. The first-order chi connectivity index (χ1) is 9.22. The van der Waals surface area contributed by atoms with Crippen LogP contribution in [0.4, 0.5) is 15.9 Å². The standard InChI is InChI=1S/C16H13FN2.ClH/c1-11-9-16(18-13-6-4-5-12(17)10-13)19-15-8-3-2-7-14(11)15;/h2-10H,1H3,(H,18,19);1H. The van der Waals surface area contributed by atoms with Crippen molar-refractivity contribution >= 4 is 34.8 Å². The summed E-state index contributed by atoms with van der Waals surface area (Å²) in [5, 5.41) is 4.26. The van der Waals surface area contributed by atoms with E-state index in [1.54, 1.807) is 6.07 Å². The van der Waals surface area contributed by atoms with Gasteiger partial charge in [-0.05, 0) is 42.8 Å². The number of rotatable bonds is 2. The number of hydrogen-bond acceptors (Lipinski definition) is 2. The molecule has 0 spiro atoms. The Labute approximate surface area is 123 Å². The average Bonchev–Trinajstić information content (AvgIpc) is 2.39. The SMILES string of the molecule is Cc1cc(Nc2cccc(F)c2)nc2ccccc12.Cl. The summed E-state index contributed by atoms with van der Waals surface area (Å²) in [6.07, 6.45) is 0. The minimum Gasteiger partial charge on any atom is -0.340 e. The van der Waals surface area contributed by atoms with E-state index in [1.165, 1.54) is 12.1 Å². The molecule has 2 aromatic carbocycles. The monoisotopic (exact) mass is 288 g/mol. The number of aromatic nitrogens is 1. The van der Waals surface area contributed by atoms with E-state index in [1.807, 2.05) is 43.3 Å². The van der Waals surface area contributed by atoms with Gasteiger partial charge in [-0.25, -0.2) is 9.37 Å². The highest BCUT2D eigenvalue weighted by Gasteiger charge is 2.03. The highest BCUT2D eigenvalue weighted by atomic mass is 35.5. The van der Waals surface area contributed by atoms with E-state index in [-0.39, 0.29) is 18.2 Å². The number of para-hydroxylation sites is 1. The number of pyridine rings is 1. The molecule has 0 bridgehead atoms. The van der Waals surface area contributed by atoms with Gasteiger partial charge in [-0.2, -0.15) is 0 Å². The molecular formula is C16H14ClFN2. The maximum atomic E-state index is 13.1. The number of nitrogens with zero attached hydrogens (tertiary/aromatic N) is 1. The fourth-order valence-corrected chi connectivity index (χ4v) is 2.13. The van der Waals surface area contributed by atoms with E-state index in [0.717, 1.165) is 22.3 Å². The fourth-order valence-electron chi connectivity index (χ4n) is 2.13.